The van der Waals surface area contributed by atoms with E-state index < -0.39 is 0 Å². The van der Waals surface area contributed by atoms with Crippen molar-refractivity contribution in [3.05, 3.63) is 66.0 Å². The summed E-state index contributed by atoms with van der Waals surface area (Å²) in [5, 5.41) is 3.03. The van der Waals surface area contributed by atoms with Crippen LogP contribution in [0.2, 0.25) is 0 Å². The minimum absolute atomic E-state index is 0.101. The fraction of sp³-hybridized carbons (Fsp3) is 0.417. The van der Waals surface area contributed by atoms with Crippen LogP contribution in [0.3, 0.4) is 0 Å². The third-order valence-electron chi connectivity index (χ3n) is 4.97. The Bertz CT molecular complexity index is 906. The zero-order chi connectivity index (χ0) is 20.0. The molecule has 0 saturated heterocycles. The van der Waals surface area contributed by atoms with Gasteiger partial charge in [0, 0.05) is 24.9 Å². The molecule has 0 spiro atoms. The summed E-state index contributed by atoms with van der Waals surface area (Å²) in [7, 11) is 0. The fourth-order valence-corrected chi connectivity index (χ4v) is 3.37. The van der Waals surface area contributed by atoms with E-state index in [1.165, 1.54) is 11.1 Å². The first-order valence-electron chi connectivity index (χ1n) is 10.2. The van der Waals surface area contributed by atoms with Gasteiger partial charge in [0.2, 0.25) is 5.91 Å². The van der Waals surface area contributed by atoms with E-state index in [4.69, 9.17) is 4.98 Å². The lowest BCUT2D eigenvalue weighted by Gasteiger charge is -2.17. The maximum atomic E-state index is 12.0. The lowest BCUT2D eigenvalue weighted by atomic mass is 9.96. The minimum Gasteiger partial charge on any atom is -0.356 e. The standard InChI is InChI=1S/C24H31N3O/c1-24(2,3)23(28)25-17-9-16-22-26-20-14-7-8-15-21(20)27(22)18-10-13-19-11-5-4-6-12-19/h4-8,11-12,14-15H,9-10,13,16-18H2,1-3H3,(H,25,28). The number of amides is 1. The highest BCUT2D eigenvalue weighted by Gasteiger charge is 2.20. The molecule has 3 aromatic rings. The lowest BCUT2D eigenvalue weighted by molar-refractivity contribution is -0.128. The van der Waals surface area contributed by atoms with Gasteiger partial charge in [0.15, 0.2) is 0 Å². The smallest absolute Gasteiger partial charge is 0.225 e. The molecule has 1 heterocycles. The molecule has 2 aromatic carbocycles. The molecule has 4 nitrogen and oxygen atoms in total. The van der Waals surface area contributed by atoms with Gasteiger partial charge in [-0.05, 0) is 37.0 Å². The first-order chi connectivity index (χ1) is 13.4. The van der Waals surface area contributed by atoms with Crippen molar-refractivity contribution < 1.29 is 4.79 Å². The molecule has 28 heavy (non-hydrogen) atoms. The van der Waals surface area contributed by atoms with Gasteiger partial charge in [-0.2, -0.15) is 0 Å². The fourth-order valence-electron chi connectivity index (χ4n) is 3.37. The van der Waals surface area contributed by atoms with Crippen LogP contribution < -0.4 is 5.32 Å². The van der Waals surface area contributed by atoms with Crippen molar-refractivity contribution >= 4 is 16.9 Å². The second-order valence-electron chi connectivity index (χ2n) is 8.37. The maximum absolute atomic E-state index is 12.0. The van der Waals surface area contributed by atoms with Crippen LogP contribution in [0.5, 0.6) is 0 Å². The number of hydrogen-bond acceptors (Lipinski definition) is 2. The van der Waals surface area contributed by atoms with E-state index in [0.717, 1.165) is 43.6 Å². The van der Waals surface area contributed by atoms with E-state index in [0.29, 0.717) is 6.54 Å². The van der Waals surface area contributed by atoms with Crippen LogP contribution in [0.1, 0.15) is 45.0 Å². The average molecular weight is 378 g/mol. The van der Waals surface area contributed by atoms with Crippen LogP contribution in [0.4, 0.5) is 0 Å². The SMILES string of the molecule is CC(C)(C)C(=O)NCCCc1nc2ccccc2n1CCCc1ccccc1. The third-order valence-corrected chi connectivity index (χ3v) is 4.97. The summed E-state index contributed by atoms with van der Waals surface area (Å²) < 4.78 is 2.35. The number of rotatable bonds is 8. The van der Waals surface area contributed by atoms with Gasteiger partial charge in [-0.25, -0.2) is 4.98 Å². The van der Waals surface area contributed by atoms with Crippen LogP contribution in [0.15, 0.2) is 54.6 Å². The molecular formula is C24H31N3O. The number of aromatic nitrogens is 2. The van der Waals surface area contributed by atoms with Gasteiger partial charge in [0.1, 0.15) is 5.82 Å². The summed E-state index contributed by atoms with van der Waals surface area (Å²) in [6.45, 7) is 7.46. The Morgan fingerprint density at radius 3 is 2.43 bits per heavy atom. The molecule has 0 aliphatic heterocycles. The van der Waals surface area contributed by atoms with Crippen molar-refractivity contribution in [1.82, 2.24) is 14.9 Å². The molecule has 148 valence electrons. The van der Waals surface area contributed by atoms with E-state index in [9.17, 15) is 4.79 Å². The normalized spacial score (nSPS) is 11.7. The molecule has 0 bridgehead atoms. The number of benzene rings is 2. The molecule has 1 N–H and O–H groups in total. The number of carbonyl (C=O) groups excluding carboxylic acids is 1. The third kappa shape index (κ3) is 5.22. The van der Waals surface area contributed by atoms with Gasteiger partial charge in [0.25, 0.3) is 0 Å². The second-order valence-corrected chi connectivity index (χ2v) is 8.37. The van der Waals surface area contributed by atoms with Crippen molar-refractivity contribution in [1.29, 1.82) is 0 Å². The number of aryl methyl sites for hydroxylation is 3. The highest BCUT2D eigenvalue weighted by molar-refractivity contribution is 5.81. The largest absolute Gasteiger partial charge is 0.356 e. The van der Waals surface area contributed by atoms with Crippen molar-refractivity contribution in [3.63, 3.8) is 0 Å². The Balaban J connectivity index is 1.62. The van der Waals surface area contributed by atoms with Crippen molar-refractivity contribution in [2.75, 3.05) is 6.54 Å². The predicted octanol–water partition coefficient (Wildman–Crippen LogP) is 4.76. The molecule has 0 radical (unpaired) electrons. The number of hydrogen-bond donors (Lipinski definition) is 1. The van der Waals surface area contributed by atoms with Crippen LogP contribution in [0.25, 0.3) is 11.0 Å². The van der Waals surface area contributed by atoms with E-state index in [2.05, 4.69) is 58.4 Å². The van der Waals surface area contributed by atoms with E-state index in [1.54, 1.807) is 0 Å². The minimum atomic E-state index is -0.343. The molecule has 1 aromatic heterocycles. The van der Waals surface area contributed by atoms with Gasteiger partial charge >= 0.3 is 0 Å². The number of fused-ring (bicyclic) bond motifs is 1. The number of imidazole rings is 1. The summed E-state index contributed by atoms with van der Waals surface area (Å²) in [4.78, 5) is 16.9. The molecule has 1 amide bonds. The average Bonchev–Trinajstić information content (AvgIpc) is 3.03. The topological polar surface area (TPSA) is 46.9 Å². The summed E-state index contributed by atoms with van der Waals surface area (Å²) in [6.07, 6.45) is 3.90. The Morgan fingerprint density at radius 2 is 1.68 bits per heavy atom. The van der Waals surface area contributed by atoms with Crippen LogP contribution in [-0.2, 0) is 24.2 Å². The van der Waals surface area contributed by atoms with E-state index >= 15 is 0 Å². The molecule has 0 aliphatic carbocycles. The van der Waals surface area contributed by atoms with Crippen molar-refractivity contribution in [2.45, 2.75) is 53.0 Å². The lowest BCUT2D eigenvalue weighted by Crippen LogP contribution is -2.35. The van der Waals surface area contributed by atoms with Crippen LogP contribution in [0, 0.1) is 5.41 Å². The van der Waals surface area contributed by atoms with Gasteiger partial charge < -0.3 is 9.88 Å². The Morgan fingerprint density at radius 1 is 0.964 bits per heavy atom. The van der Waals surface area contributed by atoms with Gasteiger partial charge in [-0.3, -0.25) is 4.79 Å². The van der Waals surface area contributed by atoms with E-state index in [-0.39, 0.29) is 11.3 Å². The first-order valence-corrected chi connectivity index (χ1v) is 10.2. The molecule has 4 heteroatoms. The highest BCUT2D eigenvalue weighted by atomic mass is 16.2. The molecule has 0 saturated carbocycles. The summed E-state index contributed by atoms with van der Waals surface area (Å²) in [5.41, 5.74) is 3.28. The van der Waals surface area contributed by atoms with Crippen molar-refractivity contribution in [3.8, 4) is 0 Å². The van der Waals surface area contributed by atoms with Gasteiger partial charge in [-0.1, -0.05) is 63.2 Å². The summed E-state index contributed by atoms with van der Waals surface area (Å²) in [5.74, 6) is 1.21. The quantitative estimate of drug-likeness (QED) is 0.575. The Labute approximate surface area is 168 Å². The molecule has 0 aliphatic rings. The number of carbonyl (C=O) groups is 1. The highest BCUT2D eigenvalue weighted by Crippen LogP contribution is 2.18. The van der Waals surface area contributed by atoms with E-state index in [1.807, 2.05) is 26.8 Å². The number of nitrogens with one attached hydrogen (secondary N) is 1. The van der Waals surface area contributed by atoms with Crippen molar-refractivity contribution in [2.24, 2.45) is 5.41 Å². The number of para-hydroxylation sites is 2. The molecule has 0 fully saturated rings. The van der Waals surface area contributed by atoms with Crippen LogP contribution in [-0.4, -0.2) is 22.0 Å². The van der Waals surface area contributed by atoms with Crippen LogP contribution >= 0.6 is 0 Å². The molecule has 0 unspecified atom stereocenters. The Hall–Kier alpha value is -2.62. The number of nitrogens with zero attached hydrogens (tertiary/aromatic N) is 2. The molecule has 0 atom stereocenters. The predicted molar refractivity (Wildman–Crippen MR) is 115 cm³/mol. The zero-order valence-corrected chi connectivity index (χ0v) is 17.2. The zero-order valence-electron chi connectivity index (χ0n) is 17.2. The Kier molecular flexibility index (Phi) is 6.50. The van der Waals surface area contributed by atoms with Gasteiger partial charge in [-0.15, -0.1) is 0 Å². The summed E-state index contributed by atoms with van der Waals surface area (Å²) >= 11 is 0. The second kappa shape index (κ2) is 9.05. The first kappa shape index (κ1) is 20.1. The maximum Gasteiger partial charge on any atom is 0.225 e. The molecular weight excluding hydrogens is 346 g/mol. The monoisotopic (exact) mass is 377 g/mol. The summed E-state index contributed by atoms with van der Waals surface area (Å²) in [6, 6.07) is 19.0. The molecule has 3 rings (SSSR count). The van der Waals surface area contributed by atoms with Gasteiger partial charge in [0.05, 0.1) is 11.0 Å².